The Morgan fingerprint density at radius 3 is 2.59 bits per heavy atom. The van der Waals surface area contributed by atoms with Crippen LogP contribution in [-0.4, -0.2) is 87.2 Å². The summed E-state index contributed by atoms with van der Waals surface area (Å²) in [4.78, 5) is 59.3. The number of carbonyl (C=O) groups excluding carboxylic acids is 3. The third-order valence-corrected chi connectivity index (χ3v) is 8.28. The lowest BCUT2D eigenvalue weighted by atomic mass is 9.93. The molecule has 0 bridgehead atoms. The van der Waals surface area contributed by atoms with Crippen LogP contribution in [0.4, 0.5) is 0 Å². The summed E-state index contributed by atoms with van der Waals surface area (Å²) in [7, 11) is 0. The van der Waals surface area contributed by atoms with Crippen molar-refractivity contribution < 1.29 is 25.7 Å². The lowest BCUT2D eigenvalue weighted by Crippen LogP contribution is -2.57. The first-order chi connectivity index (χ1) is 18.1. The molecule has 1 unspecified atom stereocenters. The van der Waals surface area contributed by atoms with Gasteiger partial charge in [0.2, 0.25) is 17.6 Å². The fraction of sp³-hybridized carbons (Fsp3) is 0.731. The van der Waals surface area contributed by atoms with E-state index in [4.69, 9.17) is 7.10 Å². The number of nitrogens with two attached hydrogens (primary N) is 1. The number of nitrogens with zero attached hydrogens (tertiary/aromatic N) is 3. The molecule has 1 aliphatic heterocycles. The molecule has 1 saturated heterocycles. The summed E-state index contributed by atoms with van der Waals surface area (Å²) in [6, 6.07) is -2.54. The van der Waals surface area contributed by atoms with E-state index >= 15 is 0 Å². The molecule has 0 aromatic carbocycles. The summed E-state index contributed by atoms with van der Waals surface area (Å²) in [5.74, 6) is -2.29. The van der Waals surface area contributed by atoms with Gasteiger partial charge < -0.3 is 21.1 Å². The number of ketones is 1. The van der Waals surface area contributed by atoms with Crippen LogP contribution in [-0.2, 0) is 14.4 Å². The maximum Gasteiger partial charge on any atom is 0.317 e. The van der Waals surface area contributed by atoms with Gasteiger partial charge in [-0.1, -0.05) is 19.3 Å². The van der Waals surface area contributed by atoms with Crippen molar-refractivity contribution in [3.05, 3.63) is 16.1 Å². The highest BCUT2D eigenvalue weighted by Crippen LogP contribution is 2.27. The SMILES string of the molecule is [2H]C(C(=O)O)N(C1CCCCC1)[C@@H](C)C(=O)N1CCC[C@H]1C(=O)N[C@@H](CCCCN)C(=O)c1nc(C)cs1. The monoisotopic (exact) mass is 536 g/mol. The van der Waals surface area contributed by atoms with E-state index in [9.17, 15) is 24.3 Å². The van der Waals surface area contributed by atoms with Gasteiger partial charge in [0.05, 0.1) is 20.0 Å². The largest absolute Gasteiger partial charge is 0.480 e. The molecule has 1 saturated carbocycles. The number of nitrogens with one attached hydrogen (secondary N) is 1. The number of thiazole rings is 1. The zero-order valence-electron chi connectivity index (χ0n) is 22.9. The van der Waals surface area contributed by atoms with Crippen LogP contribution in [0.5, 0.6) is 0 Å². The molecule has 4 atom stereocenters. The summed E-state index contributed by atoms with van der Waals surface area (Å²) in [5, 5.41) is 14.6. The molecule has 0 spiro atoms. The molecule has 4 N–H and O–H groups in total. The molecule has 10 nitrogen and oxygen atoms in total. The van der Waals surface area contributed by atoms with Crippen LogP contribution in [0.3, 0.4) is 0 Å². The van der Waals surface area contributed by atoms with Crippen molar-refractivity contribution in [1.29, 1.82) is 0 Å². The fourth-order valence-electron chi connectivity index (χ4n) is 5.36. The number of carbonyl (C=O) groups is 4. The Labute approximate surface area is 224 Å². The highest BCUT2D eigenvalue weighted by atomic mass is 32.1. The third kappa shape index (κ3) is 7.81. The standard InChI is InChI=1S/C26H41N5O5S/c1-17-16-37-25(28-17)23(34)20(11-6-7-13-27)29-24(35)21-12-8-14-30(21)26(36)18(2)31(15-22(32)33)19-9-4-3-5-10-19/h16,18-21H,3-15,27H2,1-2H3,(H,29,35)(H,32,33)/t18-,20-,21-/m0/s1/i15D/t15?,18-,20-,21-. The number of aliphatic carboxylic acids is 1. The number of carboxylic acid groups (broad SMARTS) is 1. The van der Waals surface area contributed by atoms with E-state index in [1.54, 1.807) is 19.2 Å². The Balaban J connectivity index is 1.75. The number of hydrogen-bond donors (Lipinski definition) is 3. The zero-order valence-corrected chi connectivity index (χ0v) is 22.7. The van der Waals surface area contributed by atoms with E-state index in [1.165, 1.54) is 21.1 Å². The number of unbranched alkanes of at least 4 members (excludes halogenated alkanes) is 1. The van der Waals surface area contributed by atoms with Gasteiger partial charge in [-0.25, -0.2) is 4.98 Å². The quantitative estimate of drug-likeness (QED) is 0.257. The van der Waals surface area contributed by atoms with E-state index in [-0.39, 0.29) is 17.7 Å². The molecule has 3 rings (SSSR count). The van der Waals surface area contributed by atoms with E-state index in [1.807, 2.05) is 0 Å². The minimum atomic E-state index is -1.56. The van der Waals surface area contributed by atoms with Gasteiger partial charge in [-0.15, -0.1) is 11.3 Å². The molecule has 2 fully saturated rings. The van der Waals surface area contributed by atoms with Gasteiger partial charge in [0.1, 0.15) is 6.04 Å². The molecular weight excluding hydrogens is 494 g/mol. The minimum absolute atomic E-state index is 0.164. The topological polar surface area (TPSA) is 146 Å². The zero-order chi connectivity index (χ0) is 27.8. The van der Waals surface area contributed by atoms with Crippen LogP contribution in [0.2, 0.25) is 0 Å². The number of hydrogen-bond acceptors (Lipinski definition) is 8. The summed E-state index contributed by atoms with van der Waals surface area (Å²) >= 11 is 1.24. The highest BCUT2D eigenvalue weighted by molar-refractivity contribution is 7.11. The molecule has 11 heteroatoms. The Bertz CT molecular complexity index is 985. The van der Waals surface area contributed by atoms with Crippen molar-refractivity contribution in [3.8, 4) is 0 Å². The Morgan fingerprint density at radius 2 is 1.97 bits per heavy atom. The first-order valence-corrected chi connectivity index (χ1v) is 14.2. The number of amides is 2. The molecule has 2 heterocycles. The number of Topliss-reactive ketones (excluding diaryl/α,β-unsaturated/α-hetero) is 1. The molecular formula is C26H41N5O5S. The smallest absolute Gasteiger partial charge is 0.317 e. The Kier molecular flexibility index (Phi) is 10.4. The Morgan fingerprint density at radius 1 is 1.24 bits per heavy atom. The summed E-state index contributed by atoms with van der Waals surface area (Å²) in [6.45, 7) is 2.74. The van der Waals surface area contributed by atoms with Crippen LogP contribution in [0, 0.1) is 6.92 Å². The van der Waals surface area contributed by atoms with Crippen molar-refractivity contribution in [2.75, 3.05) is 19.6 Å². The second-order valence-corrected chi connectivity index (χ2v) is 10.9. The van der Waals surface area contributed by atoms with Crippen LogP contribution >= 0.6 is 11.3 Å². The second-order valence-electron chi connectivity index (χ2n) is 10.1. The van der Waals surface area contributed by atoms with Crippen LogP contribution in [0.1, 0.15) is 88.0 Å². The van der Waals surface area contributed by atoms with Crippen molar-refractivity contribution in [2.24, 2.45) is 5.73 Å². The van der Waals surface area contributed by atoms with Crippen LogP contribution < -0.4 is 11.1 Å². The number of likely N-dealkylation sites (tertiary alicyclic amines) is 1. The van der Waals surface area contributed by atoms with E-state index in [2.05, 4.69) is 10.3 Å². The molecule has 2 aliphatic rings. The summed E-state index contributed by atoms with van der Waals surface area (Å²) in [6.07, 6.45) is 7.30. The summed E-state index contributed by atoms with van der Waals surface area (Å²) in [5.41, 5.74) is 6.36. The maximum atomic E-state index is 13.7. The minimum Gasteiger partial charge on any atom is -0.480 e. The van der Waals surface area contributed by atoms with Crippen molar-refractivity contribution in [1.82, 2.24) is 20.1 Å². The molecule has 1 aromatic rings. The number of aryl methyl sites for hydroxylation is 1. The lowest BCUT2D eigenvalue weighted by molar-refractivity contribution is -0.147. The normalized spacial score (nSPS) is 21.4. The second kappa shape index (κ2) is 14.0. The van der Waals surface area contributed by atoms with Crippen LogP contribution in [0.15, 0.2) is 5.38 Å². The van der Waals surface area contributed by atoms with E-state index in [0.717, 1.165) is 44.2 Å². The number of carboxylic acids is 1. The predicted octanol–water partition coefficient (Wildman–Crippen LogP) is 2.35. The highest BCUT2D eigenvalue weighted by Gasteiger charge is 2.40. The van der Waals surface area contributed by atoms with Crippen molar-refractivity contribution in [3.63, 3.8) is 0 Å². The first kappa shape index (κ1) is 27.7. The first-order valence-electron chi connectivity index (χ1n) is 13.9. The molecule has 1 aromatic heterocycles. The number of aromatic nitrogens is 1. The van der Waals surface area contributed by atoms with Gasteiger partial charge in [0, 0.05) is 23.7 Å². The van der Waals surface area contributed by atoms with Gasteiger partial charge in [-0.2, -0.15) is 0 Å². The van der Waals surface area contributed by atoms with Gasteiger partial charge in [0.15, 0.2) is 5.01 Å². The van der Waals surface area contributed by atoms with Crippen molar-refractivity contribution in [2.45, 2.75) is 102 Å². The fourth-order valence-corrected chi connectivity index (χ4v) is 6.15. The van der Waals surface area contributed by atoms with Gasteiger partial charge in [0.25, 0.3) is 0 Å². The Hall–Kier alpha value is -2.37. The lowest BCUT2D eigenvalue weighted by Gasteiger charge is -2.39. The molecule has 206 valence electrons. The number of rotatable bonds is 13. The van der Waals surface area contributed by atoms with Gasteiger partial charge in [-0.3, -0.25) is 24.1 Å². The molecule has 2 amide bonds. The van der Waals surface area contributed by atoms with Crippen molar-refractivity contribution >= 4 is 34.9 Å². The average Bonchev–Trinajstić information content (AvgIpc) is 3.57. The van der Waals surface area contributed by atoms with E-state index < -0.39 is 36.5 Å². The summed E-state index contributed by atoms with van der Waals surface area (Å²) < 4.78 is 8.28. The molecule has 37 heavy (non-hydrogen) atoms. The van der Waals surface area contributed by atoms with Gasteiger partial charge in [-0.05, 0) is 65.3 Å². The van der Waals surface area contributed by atoms with Gasteiger partial charge >= 0.3 is 5.97 Å². The maximum absolute atomic E-state index is 13.7. The predicted molar refractivity (Wildman–Crippen MR) is 141 cm³/mol. The average molecular weight is 537 g/mol. The molecule has 0 radical (unpaired) electrons. The van der Waals surface area contributed by atoms with Crippen LogP contribution in [0.25, 0.3) is 0 Å². The molecule has 1 aliphatic carbocycles. The third-order valence-electron chi connectivity index (χ3n) is 7.31. The van der Waals surface area contributed by atoms with E-state index in [0.29, 0.717) is 43.8 Å².